The van der Waals surface area contributed by atoms with Crippen LogP contribution in [0.1, 0.15) is 110 Å². The minimum atomic E-state index is -4.89. The van der Waals surface area contributed by atoms with Crippen LogP contribution in [0.3, 0.4) is 0 Å². The molecule has 0 aromatic carbocycles. The molecule has 5 rings (SSSR count). The van der Waals surface area contributed by atoms with Gasteiger partial charge in [0.05, 0.1) is 38.8 Å². The molecule has 3 aliphatic carbocycles. The highest BCUT2D eigenvalue weighted by Gasteiger charge is 2.47. The number of Topliss-reactive ketones (excluding diaryl/α,β-unsaturated/α-hetero) is 1. The van der Waals surface area contributed by atoms with Gasteiger partial charge in [0, 0.05) is 24.9 Å². The number of aromatic nitrogens is 3. The number of carbonyl (C=O) groups excluding carboxylic acids is 2. The van der Waals surface area contributed by atoms with Crippen LogP contribution < -0.4 is 5.32 Å². The monoisotopic (exact) mass is 628 g/mol. The number of hydrogen-bond donors (Lipinski definition) is 2. The Morgan fingerprint density at radius 1 is 1.02 bits per heavy atom. The highest BCUT2D eigenvalue weighted by molar-refractivity contribution is 6.39. The molecule has 2 heterocycles. The van der Waals surface area contributed by atoms with Gasteiger partial charge in [0.15, 0.2) is 11.5 Å². The Bertz CT molecular complexity index is 1350. The van der Waals surface area contributed by atoms with E-state index >= 15 is 0 Å². The van der Waals surface area contributed by atoms with E-state index in [-0.39, 0.29) is 53.6 Å². The zero-order chi connectivity index (χ0) is 30.4. The summed E-state index contributed by atoms with van der Waals surface area (Å²) in [5, 5.41) is 16.4. The van der Waals surface area contributed by atoms with Crippen LogP contribution in [-0.2, 0) is 11.0 Å². The number of ketones is 1. The second-order valence-corrected chi connectivity index (χ2v) is 13.3. The zero-order valence-electron chi connectivity index (χ0n) is 23.1. The van der Waals surface area contributed by atoms with E-state index in [0.29, 0.717) is 5.41 Å². The molecule has 1 atom stereocenters. The normalized spacial score (nSPS) is 24.8. The lowest BCUT2D eigenvalue weighted by atomic mass is 9.74. The van der Waals surface area contributed by atoms with Gasteiger partial charge in [-0.25, -0.2) is 0 Å². The maximum Gasteiger partial charge on any atom is 0.433 e. The van der Waals surface area contributed by atoms with Crippen LogP contribution in [-0.4, -0.2) is 43.6 Å². The predicted octanol–water partition coefficient (Wildman–Crippen LogP) is 7.15. The smallest absolute Gasteiger partial charge is 0.433 e. The van der Waals surface area contributed by atoms with Crippen molar-refractivity contribution in [2.45, 2.75) is 95.8 Å². The number of halogens is 5. The topological polar surface area (TPSA) is 114 Å². The van der Waals surface area contributed by atoms with Gasteiger partial charge < -0.3 is 10.4 Å². The second kappa shape index (κ2) is 11.4. The van der Waals surface area contributed by atoms with Crippen molar-refractivity contribution in [1.29, 1.82) is 0 Å². The Balaban J connectivity index is 1.40. The molecule has 42 heavy (non-hydrogen) atoms. The lowest BCUT2D eigenvalue weighted by molar-refractivity contribution is -0.152. The lowest BCUT2D eigenvalue weighted by Crippen LogP contribution is -2.43. The van der Waals surface area contributed by atoms with Crippen LogP contribution in [0.2, 0.25) is 10.0 Å². The summed E-state index contributed by atoms with van der Waals surface area (Å²) in [4.78, 5) is 42.4. The minimum absolute atomic E-state index is 0.0604. The molecule has 0 radical (unpaired) electrons. The Labute approximate surface area is 251 Å². The lowest BCUT2D eigenvalue weighted by Gasteiger charge is -2.35. The zero-order valence-corrected chi connectivity index (χ0v) is 24.7. The number of carboxylic acids is 1. The van der Waals surface area contributed by atoms with Crippen LogP contribution in [0.25, 0.3) is 0 Å². The van der Waals surface area contributed by atoms with E-state index in [1.165, 1.54) is 12.4 Å². The molecule has 0 bridgehead atoms. The molecule has 2 N–H and O–H groups in total. The molecule has 1 spiro atoms. The van der Waals surface area contributed by atoms with Gasteiger partial charge in [0.25, 0.3) is 5.91 Å². The first-order valence-electron chi connectivity index (χ1n) is 14.2. The van der Waals surface area contributed by atoms with Crippen LogP contribution in [0, 0.1) is 16.7 Å². The fourth-order valence-electron chi connectivity index (χ4n) is 6.68. The molecule has 1 amide bonds. The Hall–Kier alpha value is -2.66. The molecular weight excluding hydrogens is 596 g/mol. The average molecular weight is 630 g/mol. The Morgan fingerprint density at radius 2 is 1.62 bits per heavy atom. The molecule has 3 saturated carbocycles. The number of amides is 1. The number of carbonyl (C=O) groups is 3. The van der Waals surface area contributed by atoms with E-state index in [4.69, 9.17) is 23.2 Å². The van der Waals surface area contributed by atoms with Crippen LogP contribution in [0.5, 0.6) is 0 Å². The third kappa shape index (κ3) is 6.18. The van der Waals surface area contributed by atoms with Gasteiger partial charge in [0.1, 0.15) is 0 Å². The van der Waals surface area contributed by atoms with Crippen molar-refractivity contribution < 1.29 is 32.7 Å². The van der Waals surface area contributed by atoms with Crippen molar-refractivity contribution >= 4 is 40.9 Å². The molecule has 1 unspecified atom stereocenters. The van der Waals surface area contributed by atoms with Crippen molar-refractivity contribution in [1.82, 2.24) is 20.1 Å². The molecule has 3 aliphatic rings. The van der Waals surface area contributed by atoms with Crippen LogP contribution in [0.15, 0.2) is 18.6 Å². The molecule has 8 nitrogen and oxygen atoms in total. The number of nitrogens with one attached hydrogen (secondary N) is 1. The summed E-state index contributed by atoms with van der Waals surface area (Å²) >= 11 is 12.4. The minimum Gasteiger partial charge on any atom is -0.481 e. The van der Waals surface area contributed by atoms with E-state index in [1.54, 1.807) is 6.92 Å². The van der Waals surface area contributed by atoms with Crippen molar-refractivity contribution in [3.05, 3.63) is 45.5 Å². The summed E-state index contributed by atoms with van der Waals surface area (Å²) in [6.07, 6.45) is 4.86. The Kier molecular flexibility index (Phi) is 8.39. The summed E-state index contributed by atoms with van der Waals surface area (Å²) in [7, 11) is 0. The number of pyridine rings is 1. The van der Waals surface area contributed by atoms with E-state index in [0.717, 1.165) is 49.4 Å². The first kappa shape index (κ1) is 30.8. The standard InChI is InChI=1S/C29H33Cl2F3N4O4/c1-27(26(41)42)6-4-17(5-7-27)38-24(29(32,33)34)18(13-36-38)25(40)37-21(16-2-8-28(9-3-16)10-11-28)12-22(39)23-19(30)14-35-15-20(23)31/h13-17,21H,2-12H2,1H3,(H,37,40)(H,41,42). The van der Waals surface area contributed by atoms with Gasteiger partial charge in [-0.1, -0.05) is 23.2 Å². The summed E-state index contributed by atoms with van der Waals surface area (Å²) in [6.45, 7) is 1.59. The maximum atomic E-state index is 14.4. The van der Waals surface area contributed by atoms with Gasteiger partial charge in [-0.3, -0.25) is 24.0 Å². The number of carboxylic acid groups (broad SMARTS) is 1. The number of rotatable bonds is 8. The molecule has 228 valence electrons. The number of nitrogens with zero attached hydrogens (tertiary/aromatic N) is 3. The van der Waals surface area contributed by atoms with E-state index < -0.39 is 52.6 Å². The van der Waals surface area contributed by atoms with Gasteiger partial charge in [-0.2, -0.15) is 18.3 Å². The third-order valence-corrected chi connectivity index (χ3v) is 10.3. The highest BCUT2D eigenvalue weighted by atomic mass is 35.5. The quantitative estimate of drug-likeness (QED) is 0.300. The third-order valence-electron chi connectivity index (χ3n) is 9.70. The van der Waals surface area contributed by atoms with Crippen molar-refractivity contribution in [3.8, 4) is 0 Å². The SMILES string of the molecule is CC1(C(=O)O)CCC(n2ncc(C(=O)NC(CC(=O)c3c(Cl)cncc3Cl)C3CCC4(CC3)CC4)c2C(F)(F)F)CC1. The van der Waals surface area contributed by atoms with Gasteiger partial charge in [0.2, 0.25) is 0 Å². The molecule has 0 saturated heterocycles. The van der Waals surface area contributed by atoms with Crippen LogP contribution in [0.4, 0.5) is 13.2 Å². The molecule has 0 aliphatic heterocycles. The molecule has 2 aromatic rings. The van der Waals surface area contributed by atoms with Crippen molar-refractivity contribution in [2.24, 2.45) is 16.7 Å². The summed E-state index contributed by atoms with van der Waals surface area (Å²) in [5.41, 5.74) is -2.41. The molecular formula is C29H33Cl2F3N4O4. The van der Waals surface area contributed by atoms with Crippen molar-refractivity contribution in [2.75, 3.05) is 0 Å². The predicted molar refractivity (Wildman–Crippen MR) is 149 cm³/mol. The van der Waals surface area contributed by atoms with E-state index in [1.807, 2.05) is 0 Å². The molecule has 13 heteroatoms. The summed E-state index contributed by atoms with van der Waals surface area (Å²) in [6, 6.07) is -1.44. The van der Waals surface area contributed by atoms with Gasteiger partial charge >= 0.3 is 12.1 Å². The van der Waals surface area contributed by atoms with E-state index in [9.17, 15) is 32.7 Å². The summed E-state index contributed by atoms with van der Waals surface area (Å²) in [5.74, 6) is -2.49. The number of alkyl halides is 3. The first-order valence-corrected chi connectivity index (χ1v) is 15.0. The fourth-order valence-corrected chi connectivity index (χ4v) is 7.25. The summed E-state index contributed by atoms with van der Waals surface area (Å²) < 4.78 is 44.1. The van der Waals surface area contributed by atoms with Crippen molar-refractivity contribution in [3.63, 3.8) is 0 Å². The van der Waals surface area contributed by atoms with Gasteiger partial charge in [-0.15, -0.1) is 0 Å². The Morgan fingerprint density at radius 3 is 2.14 bits per heavy atom. The van der Waals surface area contributed by atoms with Gasteiger partial charge in [-0.05, 0) is 82.5 Å². The first-order chi connectivity index (χ1) is 19.7. The fraction of sp³-hybridized carbons (Fsp3) is 0.621. The van der Waals surface area contributed by atoms with Crippen LogP contribution >= 0.6 is 23.2 Å². The second-order valence-electron chi connectivity index (χ2n) is 12.5. The molecule has 3 fully saturated rings. The average Bonchev–Trinajstić information content (AvgIpc) is 3.50. The van der Waals surface area contributed by atoms with E-state index in [2.05, 4.69) is 15.4 Å². The number of aliphatic carboxylic acids is 1. The molecule has 2 aromatic heterocycles. The largest absolute Gasteiger partial charge is 0.481 e. The number of hydrogen-bond acceptors (Lipinski definition) is 5. The maximum absolute atomic E-state index is 14.4. The highest BCUT2D eigenvalue weighted by Crippen LogP contribution is 2.57.